The van der Waals surface area contributed by atoms with Gasteiger partial charge >= 0.3 is 0 Å². The maximum absolute atomic E-state index is 5.80. The molecule has 0 amide bonds. The molecule has 3 N–H and O–H groups in total. The smallest absolute Gasteiger partial charge is 0.185 e. The van der Waals surface area contributed by atoms with Gasteiger partial charge in [0.2, 0.25) is 0 Å². The van der Waals surface area contributed by atoms with Crippen LogP contribution in [0.5, 0.6) is 0 Å². The van der Waals surface area contributed by atoms with Crippen LogP contribution in [-0.4, -0.2) is 24.4 Å². The highest BCUT2D eigenvalue weighted by Gasteiger charge is 2.14. The van der Waals surface area contributed by atoms with Crippen molar-refractivity contribution in [1.29, 1.82) is 0 Å². The van der Waals surface area contributed by atoms with Crippen molar-refractivity contribution in [2.75, 3.05) is 18.6 Å². The number of hydrogen-bond donors (Lipinski definition) is 3. The van der Waals surface area contributed by atoms with Gasteiger partial charge in [0.25, 0.3) is 0 Å². The minimum absolute atomic E-state index is 0.278. The zero-order chi connectivity index (χ0) is 12.8. The number of nitrogens with one attached hydrogen (secondary N) is 3. The lowest BCUT2D eigenvalue weighted by Gasteiger charge is -2.15. The lowest BCUT2D eigenvalue weighted by atomic mass is 10.2. The van der Waals surface area contributed by atoms with Crippen LogP contribution in [0.15, 0.2) is 24.3 Å². The predicted octanol–water partition coefficient (Wildman–Crippen LogP) is 2.31. The van der Waals surface area contributed by atoms with Crippen LogP contribution in [0.25, 0.3) is 0 Å². The van der Waals surface area contributed by atoms with Gasteiger partial charge in [-0.15, -0.1) is 0 Å². The van der Waals surface area contributed by atoms with E-state index in [-0.39, 0.29) is 6.10 Å². The zero-order valence-corrected chi connectivity index (χ0v) is 11.5. The summed E-state index contributed by atoms with van der Waals surface area (Å²) in [5, 5.41) is 4.38. The van der Waals surface area contributed by atoms with Gasteiger partial charge in [0.1, 0.15) is 0 Å². The Bertz CT molecular complexity index is 393. The van der Waals surface area contributed by atoms with Crippen LogP contribution < -0.4 is 16.2 Å². The van der Waals surface area contributed by atoms with Gasteiger partial charge in [-0.2, -0.15) is 0 Å². The molecule has 1 atom stereocenters. The summed E-state index contributed by atoms with van der Waals surface area (Å²) >= 11 is 10.9. The number of hydrazine groups is 1. The minimum Gasteiger partial charge on any atom is -0.376 e. The first-order valence-electron chi connectivity index (χ1n) is 5.91. The molecular weight excluding hydrogens is 270 g/mol. The molecule has 1 heterocycles. The second kappa shape index (κ2) is 6.78. The van der Waals surface area contributed by atoms with E-state index in [1.54, 1.807) is 0 Å². The molecule has 0 radical (unpaired) electrons. The number of ether oxygens (including phenoxy) is 1. The SMILES string of the molecule is S=C(NC[C@H]1CCCO1)NNc1ccc(Cl)cc1. The van der Waals surface area contributed by atoms with Crippen molar-refractivity contribution in [3.8, 4) is 0 Å². The Hall–Kier alpha value is -1.04. The molecule has 0 unspecified atom stereocenters. The summed E-state index contributed by atoms with van der Waals surface area (Å²) in [6, 6.07) is 7.37. The first kappa shape index (κ1) is 13.4. The lowest BCUT2D eigenvalue weighted by Crippen LogP contribution is -2.41. The average Bonchev–Trinajstić information content (AvgIpc) is 2.89. The molecule has 1 saturated heterocycles. The van der Waals surface area contributed by atoms with Crippen LogP contribution in [-0.2, 0) is 4.74 Å². The van der Waals surface area contributed by atoms with Gasteiger partial charge in [0, 0.05) is 18.2 Å². The maximum Gasteiger partial charge on any atom is 0.185 e. The van der Waals surface area contributed by atoms with Crippen LogP contribution in [0, 0.1) is 0 Å². The van der Waals surface area contributed by atoms with Gasteiger partial charge in [-0.25, -0.2) is 0 Å². The molecule has 0 bridgehead atoms. The molecule has 1 aromatic rings. The molecule has 1 fully saturated rings. The molecule has 6 heteroatoms. The highest BCUT2D eigenvalue weighted by molar-refractivity contribution is 7.80. The predicted molar refractivity (Wildman–Crippen MR) is 77.8 cm³/mol. The third-order valence-electron chi connectivity index (χ3n) is 2.68. The van der Waals surface area contributed by atoms with Crippen molar-refractivity contribution in [1.82, 2.24) is 10.7 Å². The summed E-state index contributed by atoms with van der Waals surface area (Å²) in [4.78, 5) is 0. The molecule has 2 rings (SSSR count). The van der Waals surface area contributed by atoms with Gasteiger partial charge in [-0.3, -0.25) is 10.9 Å². The van der Waals surface area contributed by atoms with E-state index in [2.05, 4.69) is 16.2 Å². The van der Waals surface area contributed by atoms with E-state index in [1.165, 1.54) is 0 Å². The quantitative estimate of drug-likeness (QED) is 0.585. The second-order valence-corrected chi connectivity index (χ2v) is 4.95. The van der Waals surface area contributed by atoms with Crippen LogP contribution in [0.3, 0.4) is 0 Å². The Morgan fingerprint density at radius 3 is 2.83 bits per heavy atom. The third-order valence-corrected chi connectivity index (χ3v) is 3.18. The lowest BCUT2D eigenvalue weighted by molar-refractivity contribution is 0.114. The molecule has 0 aliphatic carbocycles. The number of hydrogen-bond acceptors (Lipinski definition) is 3. The van der Waals surface area contributed by atoms with Gasteiger partial charge in [-0.1, -0.05) is 11.6 Å². The number of anilines is 1. The molecule has 0 aromatic heterocycles. The van der Waals surface area contributed by atoms with E-state index in [4.69, 9.17) is 28.6 Å². The average molecular weight is 286 g/mol. The van der Waals surface area contributed by atoms with E-state index < -0.39 is 0 Å². The zero-order valence-electron chi connectivity index (χ0n) is 9.91. The molecule has 98 valence electrons. The van der Waals surface area contributed by atoms with Crippen LogP contribution in [0.4, 0.5) is 5.69 Å². The number of halogens is 1. The van der Waals surface area contributed by atoms with Gasteiger partial charge < -0.3 is 10.1 Å². The number of thiocarbonyl (C=S) groups is 1. The fourth-order valence-electron chi connectivity index (χ4n) is 1.72. The fourth-order valence-corrected chi connectivity index (χ4v) is 1.98. The summed E-state index contributed by atoms with van der Waals surface area (Å²) < 4.78 is 5.49. The Morgan fingerprint density at radius 1 is 1.39 bits per heavy atom. The summed E-state index contributed by atoms with van der Waals surface area (Å²) in [5.74, 6) is 0. The van der Waals surface area contributed by atoms with Crippen molar-refractivity contribution in [2.45, 2.75) is 18.9 Å². The number of rotatable bonds is 4. The molecule has 1 aliphatic heterocycles. The van der Waals surface area contributed by atoms with Gasteiger partial charge in [-0.05, 0) is 49.3 Å². The van der Waals surface area contributed by atoms with E-state index in [9.17, 15) is 0 Å². The molecule has 1 aromatic carbocycles. The Morgan fingerprint density at radius 2 is 2.17 bits per heavy atom. The topological polar surface area (TPSA) is 45.3 Å². The Labute approximate surface area is 117 Å². The summed E-state index contributed by atoms with van der Waals surface area (Å²) in [5.41, 5.74) is 6.81. The molecule has 0 saturated carbocycles. The summed E-state index contributed by atoms with van der Waals surface area (Å²) in [6.45, 7) is 1.60. The summed E-state index contributed by atoms with van der Waals surface area (Å²) in [7, 11) is 0. The van der Waals surface area contributed by atoms with Crippen molar-refractivity contribution in [3.63, 3.8) is 0 Å². The molecule has 4 nitrogen and oxygen atoms in total. The molecular formula is C12H16ClN3OS. The first-order valence-corrected chi connectivity index (χ1v) is 6.70. The molecule has 0 spiro atoms. The second-order valence-electron chi connectivity index (χ2n) is 4.10. The van der Waals surface area contributed by atoms with Crippen LogP contribution in [0.2, 0.25) is 5.02 Å². The van der Waals surface area contributed by atoms with Crippen molar-refractivity contribution >= 4 is 34.6 Å². The number of benzene rings is 1. The van der Waals surface area contributed by atoms with Crippen molar-refractivity contribution in [2.24, 2.45) is 0 Å². The van der Waals surface area contributed by atoms with Gasteiger partial charge in [0.15, 0.2) is 5.11 Å². The van der Waals surface area contributed by atoms with Crippen molar-refractivity contribution in [3.05, 3.63) is 29.3 Å². The monoisotopic (exact) mass is 285 g/mol. The van der Waals surface area contributed by atoms with Crippen LogP contribution >= 0.6 is 23.8 Å². The van der Waals surface area contributed by atoms with E-state index in [0.717, 1.165) is 31.7 Å². The highest BCUT2D eigenvalue weighted by atomic mass is 35.5. The summed E-state index contributed by atoms with van der Waals surface area (Å²) in [6.07, 6.45) is 2.51. The van der Waals surface area contributed by atoms with E-state index in [1.807, 2.05) is 24.3 Å². The first-order chi connectivity index (χ1) is 8.74. The largest absolute Gasteiger partial charge is 0.376 e. The normalized spacial score (nSPS) is 18.4. The Balaban J connectivity index is 1.66. The maximum atomic E-state index is 5.80. The van der Waals surface area contributed by atoms with E-state index in [0.29, 0.717) is 10.1 Å². The van der Waals surface area contributed by atoms with Gasteiger partial charge in [0.05, 0.1) is 11.8 Å². The standard InChI is InChI=1S/C12H16ClN3OS/c13-9-3-5-10(6-4-9)15-16-12(18)14-8-11-2-1-7-17-11/h3-6,11,15H,1-2,7-8H2,(H2,14,16,18)/t11-/m1/s1. The minimum atomic E-state index is 0.278. The Kier molecular flexibility index (Phi) is 5.04. The third kappa shape index (κ3) is 4.33. The van der Waals surface area contributed by atoms with Crippen molar-refractivity contribution < 1.29 is 4.74 Å². The molecule has 1 aliphatic rings. The van der Waals surface area contributed by atoms with E-state index >= 15 is 0 Å². The fraction of sp³-hybridized carbons (Fsp3) is 0.417. The molecule has 18 heavy (non-hydrogen) atoms. The van der Waals surface area contributed by atoms with Crippen LogP contribution in [0.1, 0.15) is 12.8 Å². The highest BCUT2D eigenvalue weighted by Crippen LogP contribution is 2.12.